The van der Waals surface area contributed by atoms with E-state index >= 15 is 0 Å². The van der Waals surface area contributed by atoms with Crippen molar-refractivity contribution in [2.24, 2.45) is 5.14 Å². The number of carbonyl (C=O) groups is 2. The van der Waals surface area contributed by atoms with E-state index in [2.05, 4.69) is 4.74 Å². The highest BCUT2D eigenvalue weighted by Gasteiger charge is 2.32. The molecule has 0 saturated heterocycles. The minimum Gasteiger partial charge on any atom is -0.467 e. The monoisotopic (exact) mass is 430 g/mol. The number of carbonyl (C=O) groups excluding carboxylic acids is 2. The first-order chi connectivity index (χ1) is 13.4. The second-order valence-corrected chi connectivity index (χ2v) is 7.76. The van der Waals surface area contributed by atoms with Gasteiger partial charge in [-0.3, -0.25) is 4.79 Å². The number of likely N-dealkylation sites (N-methyl/N-ethyl adjacent to an activating group) is 1. The molecule has 156 valence electrons. The number of nitrogens with two attached hydrogens (primary N) is 1. The molecule has 0 aliphatic carbocycles. The summed E-state index contributed by atoms with van der Waals surface area (Å²) in [5.74, 6) is -7.11. The van der Waals surface area contributed by atoms with Gasteiger partial charge in [0.1, 0.15) is 0 Å². The molecule has 0 spiro atoms. The molecule has 0 aromatic heterocycles. The van der Waals surface area contributed by atoms with E-state index < -0.39 is 51.1 Å². The largest absolute Gasteiger partial charge is 0.467 e. The van der Waals surface area contributed by atoms with Crippen LogP contribution in [0.3, 0.4) is 0 Å². The molecule has 0 bridgehead atoms. The van der Waals surface area contributed by atoms with Crippen molar-refractivity contribution in [3.05, 3.63) is 70.5 Å². The van der Waals surface area contributed by atoms with Gasteiger partial charge in [-0.25, -0.2) is 31.5 Å². The van der Waals surface area contributed by atoms with Crippen LogP contribution in [0.1, 0.15) is 27.5 Å². The lowest BCUT2D eigenvalue weighted by Gasteiger charge is -2.27. The molecule has 7 nitrogen and oxygen atoms in total. The number of ether oxygens (including phenoxy) is 1. The number of rotatable bonds is 6. The molecule has 2 rings (SSSR count). The van der Waals surface area contributed by atoms with Gasteiger partial charge < -0.3 is 9.64 Å². The summed E-state index contributed by atoms with van der Waals surface area (Å²) in [6, 6.07) is 5.03. The zero-order valence-electron chi connectivity index (χ0n) is 15.4. The summed E-state index contributed by atoms with van der Waals surface area (Å²) in [6.07, 6.45) is 0. The van der Waals surface area contributed by atoms with Crippen molar-refractivity contribution in [3.8, 4) is 0 Å². The Morgan fingerprint density at radius 3 is 2.24 bits per heavy atom. The van der Waals surface area contributed by atoms with E-state index in [4.69, 9.17) is 5.14 Å². The second kappa shape index (κ2) is 8.62. The van der Waals surface area contributed by atoms with Gasteiger partial charge in [0, 0.05) is 12.6 Å². The van der Waals surface area contributed by atoms with Crippen molar-refractivity contribution in [3.63, 3.8) is 0 Å². The van der Waals surface area contributed by atoms with Gasteiger partial charge in [0.25, 0.3) is 5.91 Å². The van der Waals surface area contributed by atoms with E-state index in [0.717, 1.165) is 12.0 Å². The van der Waals surface area contributed by atoms with Crippen LogP contribution in [0.2, 0.25) is 0 Å². The molecule has 11 heteroatoms. The average Bonchev–Trinajstić information content (AvgIpc) is 2.64. The van der Waals surface area contributed by atoms with E-state index in [9.17, 15) is 31.2 Å². The summed E-state index contributed by atoms with van der Waals surface area (Å²) in [5, 5.41) is 4.99. The molecule has 29 heavy (non-hydrogen) atoms. The van der Waals surface area contributed by atoms with Gasteiger partial charge >= 0.3 is 5.97 Å². The standard InChI is InChI=1S/C18H17F3N2O5S/c1-23(17(24)11-5-3-4-10(6-11)9-29(22,26)27)16(18(25)28-2)12-7-13(19)15(21)14(20)8-12/h3-8,16H,9H2,1-2H3,(H2,22,26,27)/t16-/m0/s1. The van der Waals surface area contributed by atoms with Gasteiger partial charge in [0.05, 0.1) is 12.9 Å². The Morgan fingerprint density at radius 2 is 1.72 bits per heavy atom. The molecule has 1 amide bonds. The van der Waals surface area contributed by atoms with Crippen molar-refractivity contribution in [2.45, 2.75) is 11.8 Å². The van der Waals surface area contributed by atoms with E-state index in [1.54, 1.807) is 0 Å². The van der Waals surface area contributed by atoms with Gasteiger partial charge in [-0.05, 0) is 35.4 Å². The first-order valence-electron chi connectivity index (χ1n) is 8.03. The first kappa shape index (κ1) is 22.4. The number of hydrogen-bond acceptors (Lipinski definition) is 5. The number of methoxy groups -OCH3 is 1. The van der Waals surface area contributed by atoms with Crippen LogP contribution in [0.5, 0.6) is 0 Å². The predicted octanol–water partition coefficient (Wildman–Crippen LogP) is 1.88. The van der Waals surface area contributed by atoms with Gasteiger partial charge in [-0.2, -0.15) is 0 Å². The zero-order chi connectivity index (χ0) is 21.9. The Hall–Kier alpha value is -2.92. The maximum Gasteiger partial charge on any atom is 0.333 e. The lowest BCUT2D eigenvalue weighted by Crippen LogP contribution is -2.36. The molecule has 1 atom stereocenters. The Morgan fingerprint density at radius 1 is 1.14 bits per heavy atom. The number of amides is 1. The summed E-state index contributed by atoms with van der Waals surface area (Å²) in [5.41, 5.74) is -0.129. The molecule has 0 unspecified atom stereocenters. The Balaban J connectivity index is 2.45. The number of primary sulfonamides is 1. The van der Waals surface area contributed by atoms with E-state index in [1.807, 2.05) is 0 Å². The van der Waals surface area contributed by atoms with Crippen LogP contribution < -0.4 is 5.14 Å². The predicted molar refractivity (Wildman–Crippen MR) is 96.4 cm³/mol. The van der Waals surface area contributed by atoms with Crippen molar-refractivity contribution in [1.82, 2.24) is 4.90 Å². The fourth-order valence-electron chi connectivity index (χ4n) is 2.71. The fourth-order valence-corrected chi connectivity index (χ4v) is 3.35. The molecular formula is C18H17F3N2O5S. The number of sulfonamides is 1. The number of esters is 1. The van der Waals surface area contributed by atoms with Gasteiger partial charge in [0.15, 0.2) is 23.5 Å². The van der Waals surface area contributed by atoms with Gasteiger partial charge in [0.2, 0.25) is 10.0 Å². The summed E-state index contributed by atoms with van der Waals surface area (Å²) >= 11 is 0. The second-order valence-electron chi connectivity index (χ2n) is 6.15. The third-order valence-corrected chi connectivity index (χ3v) is 4.73. The zero-order valence-corrected chi connectivity index (χ0v) is 16.2. The van der Waals surface area contributed by atoms with Crippen LogP contribution in [-0.4, -0.2) is 39.4 Å². The van der Waals surface area contributed by atoms with Crippen molar-refractivity contribution < 1.29 is 35.9 Å². The normalized spacial score (nSPS) is 12.3. The highest BCUT2D eigenvalue weighted by Crippen LogP contribution is 2.26. The Kier molecular flexibility index (Phi) is 6.65. The minimum atomic E-state index is -3.85. The van der Waals surface area contributed by atoms with Crippen molar-refractivity contribution in [2.75, 3.05) is 14.2 Å². The van der Waals surface area contributed by atoms with E-state index in [1.165, 1.54) is 31.3 Å². The summed E-state index contributed by atoms with van der Waals surface area (Å²) in [7, 11) is -1.66. The van der Waals surface area contributed by atoms with Crippen LogP contribution in [0.25, 0.3) is 0 Å². The molecule has 2 aromatic rings. The van der Waals surface area contributed by atoms with Crippen molar-refractivity contribution >= 4 is 21.9 Å². The third kappa shape index (κ3) is 5.33. The summed E-state index contributed by atoms with van der Waals surface area (Å²) in [6.45, 7) is 0. The van der Waals surface area contributed by atoms with Crippen LogP contribution in [0, 0.1) is 17.5 Å². The number of nitrogens with zero attached hydrogens (tertiary/aromatic N) is 1. The molecule has 2 N–H and O–H groups in total. The summed E-state index contributed by atoms with van der Waals surface area (Å²) in [4.78, 5) is 25.9. The number of halogens is 3. The third-order valence-electron chi connectivity index (χ3n) is 4.00. The molecule has 0 fully saturated rings. The fraction of sp³-hybridized carbons (Fsp3) is 0.222. The topological polar surface area (TPSA) is 107 Å². The molecule has 0 aliphatic rings. The number of hydrogen-bond donors (Lipinski definition) is 1. The van der Waals surface area contributed by atoms with Gasteiger partial charge in [-0.1, -0.05) is 12.1 Å². The molecule has 2 aromatic carbocycles. The smallest absolute Gasteiger partial charge is 0.333 e. The van der Waals surface area contributed by atoms with Crippen LogP contribution in [-0.2, 0) is 25.3 Å². The molecule has 0 radical (unpaired) electrons. The van der Waals surface area contributed by atoms with E-state index in [0.29, 0.717) is 12.1 Å². The highest BCUT2D eigenvalue weighted by molar-refractivity contribution is 7.88. The maximum absolute atomic E-state index is 13.6. The van der Waals surface area contributed by atoms with E-state index in [-0.39, 0.29) is 16.7 Å². The summed E-state index contributed by atoms with van der Waals surface area (Å²) < 4.78 is 67.6. The van der Waals surface area contributed by atoms with Crippen molar-refractivity contribution in [1.29, 1.82) is 0 Å². The highest BCUT2D eigenvalue weighted by atomic mass is 32.2. The van der Waals surface area contributed by atoms with Crippen LogP contribution in [0.15, 0.2) is 36.4 Å². The molecule has 0 heterocycles. The maximum atomic E-state index is 13.6. The Bertz CT molecular complexity index is 1040. The molecular weight excluding hydrogens is 413 g/mol. The quantitative estimate of drug-likeness (QED) is 0.556. The minimum absolute atomic E-state index is 0.00870. The Labute approximate surface area is 164 Å². The van der Waals surface area contributed by atoms with Crippen LogP contribution >= 0.6 is 0 Å². The lowest BCUT2D eigenvalue weighted by molar-refractivity contribution is -0.145. The SMILES string of the molecule is COC(=O)[C@H](c1cc(F)c(F)c(F)c1)N(C)C(=O)c1cccc(CS(N)(=O)=O)c1. The molecule has 0 saturated carbocycles. The average molecular weight is 430 g/mol. The molecule has 0 aliphatic heterocycles. The number of benzene rings is 2. The lowest BCUT2D eigenvalue weighted by atomic mass is 10.0. The van der Waals surface area contributed by atoms with Crippen LogP contribution in [0.4, 0.5) is 13.2 Å². The first-order valence-corrected chi connectivity index (χ1v) is 9.75. The van der Waals surface area contributed by atoms with Gasteiger partial charge in [-0.15, -0.1) is 0 Å².